The molecule has 0 fully saturated rings. The summed E-state index contributed by atoms with van der Waals surface area (Å²) < 4.78 is 0. The Morgan fingerprint density at radius 3 is 2.87 bits per heavy atom. The number of rotatable bonds is 4. The van der Waals surface area contributed by atoms with Crippen molar-refractivity contribution in [1.82, 2.24) is 0 Å². The van der Waals surface area contributed by atoms with Crippen LogP contribution in [0, 0.1) is 6.92 Å². The maximum absolute atomic E-state index is 6.21. The van der Waals surface area contributed by atoms with Crippen molar-refractivity contribution in [1.29, 1.82) is 0 Å². The first-order chi connectivity index (χ1) is 7.19. The highest BCUT2D eigenvalue weighted by Crippen LogP contribution is 2.28. The van der Waals surface area contributed by atoms with Crippen molar-refractivity contribution in [3.8, 4) is 0 Å². The van der Waals surface area contributed by atoms with Gasteiger partial charge in [-0.2, -0.15) is 0 Å². The first kappa shape index (κ1) is 11.9. The maximum atomic E-state index is 6.21. The van der Waals surface area contributed by atoms with Crippen molar-refractivity contribution in [2.45, 2.75) is 20.3 Å². The third-order valence-corrected chi connectivity index (χ3v) is 2.43. The van der Waals surface area contributed by atoms with Gasteiger partial charge in [0.2, 0.25) is 0 Å². The van der Waals surface area contributed by atoms with Crippen molar-refractivity contribution in [2.75, 3.05) is 5.32 Å². The van der Waals surface area contributed by atoms with Gasteiger partial charge in [-0.25, -0.2) is 0 Å². The average Bonchev–Trinajstić information content (AvgIpc) is 2.21. The molecule has 0 saturated heterocycles. The fraction of sp³-hybridized carbons (Fsp3) is 0.231. The van der Waals surface area contributed by atoms with E-state index in [9.17, 15) is 0 Å². The summed E-state index contributed by atoms with van der Waals surface area (Å²) in [7, 11) is 0. The topological polar surface area (TPSA) is 12.0 Å². The van der Waals surface area contributed by atoms with Gasteiger partial charge in [-0.3, -0.25) is 0 Å². The van der Waals surface area contributed by atoms with Crippen LogP contribution < -0.4 is 5.32 Å². The molecule has 0 aromatic heterocycles. The van der Waals surface area contributed by atoms with Crippen molar-refractivity contribution in [2.24, 2.45) is 0 Å². The molecule has 0 aliphatic rings. The number of anilines is 1. The highest BCUT2D eigenvalue weighted by atomic mass is 35.5. The van der Waals surface area contributed by atoms with Crippen LogP contribution in [0.1, 0.15) is 24.5 Å². The van der Waals surface area contributed by atoms with Crippen LogP contribution in [0.2, 0.25) is 0 Å². The zero-order valence-electron chi connectivity index (χ0n) is 9.18. The second-order valence-electron chi connectivity index (χ2n) is 3.36. The number of halogens is 1. The standard InChI is InChI=1S/C13H16ClN/c1-4-6-12(14)11-9-10(3)7-8-13(11)15-5-2/h5-9,15H,2,4H2,1,3H3/b12-6+. The number of aryl methyl sites for hydroxylation is 1. The molecule has 15 heavy (non-hydrogen) atoms. The van der Waals surface area contributed by atoms with Gasteiger partial charge in [-0.1, -0.05) is 42.8 Å². The van der Waals surface area contributed by atoms with Gasteiger partial charge < -0.3 is 5.32 Å². The summed E-state index contributed by atoms with van der Waals surface area (Å²) in [5.74, 6) is 0. The molecule has 1 nitrogen and oxygen atoms in total. The Morgan fingerprint density at radius 2 is 2.27 bits per heavy atom. The smallest absolute Gasteiger partial charge is 0.0468 e. The Morgan fingerprint density at radius 1 is 1.53 bits per heavy atom. The van der Waals surface area contributed by atoms with Gasteiger partial charge in [-0.05, 0) is 31.7 Å². The minimum atomic E-state index is 0.783. The van der Waals surface area contributed by atoms with E-state index in [1.54, 1.807) is 6.20 Å². The van der Waals surface area contributed by atoms with E-state index in [4.69, 9.17) is 11.6 Å². The molecule has 1 aromatic rings. The monoisotopic (exact) mass is 221 g/mol. The number of hydrogen-bond donors (Lipinski definition) is 1. The summed E-state index contributed by atoms with van der Waals surface area (Å²) >= 11 is 6.21. The lowest BCUT2D eigenvalue weighted by atomic mass is 10.1. The summed E-state index contributed by atoms with van der Waals surface area (Å²) in [6.07, 6.45) is 4.59. The van der Waals surface area contributed by atoms with E-state index in [2.05, 4.69) is 31.8 Å². The van der Waals surface area contributed by atoms with Crippen LogP contribution in [0.25, 0.3) is 5.03 Å². The lowest BCUT2D eigenvalue weighted by Gasteiger charge is -2.09. The summed E-state index contributed by atoms with van der Waals surface area (Å²) in [6, 6.07) is 6.13. The molecule has 0 aliphatic carbocycles. The van der Waals surface area contributed by atoms with Crippen LogP contribution >= 0.6 is 11.6 Å². The molecule has 80 valence electrons. The molecule has 0 radical (unpaired) electrons. The largest absolute Gasteiger partial charge is 0.362 e. The average molecular weight is 222 g/mol. The molecule has 0 unspecified atom stereocenters. The lowest BCUT2D eigenvalue weighted by Crippen LogP contribution is -1.92. The van der Waals surface area contributed by atoms with Crippen molar-refractivity contribution >= 4 is 22.3 Å². The molecule has 0 heterocycles. The third kappa shape index (κ3) is 3.14. The van der Waals surface area contributed by atoms with Crippen molar-refractivity contribution < 1.29 is 0 Å². The molecule has 1 aromatic carbocycles. The van der Waals surface area contributed by atoms with Crippen LogP contribution in [0.5, 0.6) is 0 Å². The molecule has 0 aliphatic heterocycles. The van der Waals surface area contributed by atoms with E-state index in [1.165, 1.54) is 5.56 Å². The van der Waals surface area contributed by atoms with Gasteiger partial charge >= 0.3 is 0 Å². The SMILES string of the molecule is C=CNc1ccc(C)cc1/C(Cl)=C\CC. The van der Waals surface area contributed by atoms with Crippen LogP contribution in [-0.2, 0) is 0 Å². The van der Waals surface area contributed by atoms with Gasteiger partial charge in [0.15, 0.2) is 0 Å². The molecule has 0 saturated carbocycles. The fourth-order valence-corrected chi connectivity index (χ4v) is 1.69. The minimum Gasteiger partial charge on any atom is -0.362 e. The highest BCUT2D eigenvalue weighted by molar-refractivity contribution is 6.49. The first-order valence-corrected chi connectivity index (χ1v) is 5.41. The molecule has 1 rings (SSSR count). The molecule has 0 atom stereocenters. The predicted molar refractivity (Wildman–Crippen MR) is 69.1 cm³/mol. The van der Waals surface area contributed by atoms with Crippen molar-refractivity contribution in [3.05, 3.63) is 48.2 Å². The fourth-order valence-electron chi connectivity index (χ4n) is 1.38. The maximum Gasteiger partial charge on any atom is 0.0468 e. The minimum absolute atomic E-state index is 0.783. The molecular weight excluding hydrogens is 206 g/mol. The zero-order valence-corrected chi connectivity index (χ0v) is 9.93. The summed E-state index contributed by atoms with van der Waals surface area (Å²) in [5, 5.41) is 3.86. The zero-order chi connectivity index (χ0) is 11.3. The number of nitrogens with one attached hydrogen (secondary N) is 1. The predicted octanol–water partition coefficient (Wildman–Crippen LogP) is 4.54. The van der Waals surface area contributed by atoms with E-state index < -0.39 is 0 Å². The molecule has 2 heteroatoms. The van der Waals surface area contributed by atoms with Gasteiger partial charge in [-0.15, -0.1) is 0 Å². The molecule has 0 spiro atoms. The van der Waals surface area contributed by atoms with Gasteiger partial charge in [0.05, 0.1) is 0 Å². The summed E-state index contributed by atoms with van der Waals surface area (Å²) in [6.45, 7) is 7.77. The van der Waals surface area contributed by atoms with Gasteiger partial charge in [0.25, 0.3) is 0 Å². The summed E-state index contributed by atoms with van der Waals surface area (Å²) in [5.41, 5.74) is 3.21. The second kappa shape index (κ2) is 5.62. The van der Waals surface area contributed by atoms with Gasteiger partial charge in [0.1, 0.15) is 0 Å². The lowest BCUT2D eigenvalue weighted by molar-refractivity contribution is 1.23. The van der Waals surface area contributed by atoms with Gasteiger partial charge in [0, 0.05) is 16.3 Å². The van der Waals surface area contributed by atoms with E-state index in [0.29, 0.717) is 0 Å². The van der Waals surface area contributed by atoms with Crippen LogP contribution in [0.15, 0.2) is 37.1 Å². The van der Waals surface area contributed by atoms with Crippen LogP contribution in [0.3, 0.4) is 0 Å². The quantitative estimate of drug-likeness (QED) is 0.787. The van der Waals surface area contributed by atoms with E-state index >= 15 is 0 Å². The van der Waals surface area contributed by atoms with E-state index in [-0.39, 0.29) is 0 Å². The van der Waals surface area contributed by atoms with E-state index in [0.717, 1.165) is 22.7 Å². The molecule has 0 bridgehead atoms. The number of hydrogen-bond acceptors (Lipinski definition) is 1. The Bertz CT molecular complexity index is 380. The third-order valence-electron chi connectivity index (χ3n) is 2.07. The highest BCUT2D eigenvalue weighted by Gasteiger charge is 2.04. The number of allylic oxidation sites excluding steroid dienone is 1. The van der Waals surface area contributed by atoms with Crippen LogP contribution in [0.4, 0.5) is 5.69 Å². The second-order valence-corrected chi connectivity index (χ2v) is 3.77. The number of benzene rings is 1. The molecule has 1 N–H and O–H groups in total. The molecule has 0 amide bonds. The Hall–Kier alpha value is -1.21. The summed E-state index contributed by atoms with van der Waals surface area (Å²) in [4.78, 5) is 0. The van der Waals surface area contributed by atoms with Crippen LogP contribution in [-0.4, -0.2) is 0 Å². The Balaban J connectivity index is 3.17. The van der Waals surface area contributed by atoms with Crippen molar-refractivity contribution in [3.63, 3.8) is 0 Å². The van der Waals surface area contributed by atoms with E-state index in [1.807, 2.05) is 18.2 Å². The molecular formula is C13H16ClN. The Labute approximate surface area is 96.5 Å². The normalized spacial score (nSPS) is 11.3. The first-order valence-electron chi connectivity index (χ1n) is 5.03. The Kier molecular flexibility index (Phi) is 4.44.